The Hall–Kier alpha value is -0.460. The summed E-state index contributed by atoms with van der Waals surface area (Å²) in [5.74, 6) is 1.01. The zero-order valence-electron chi connectivity index (χ0n) is 12.8. The lowest BCUT2D eigenvalue weighted by Gasteiger charge is -2.34. The second-order valence-corrected chi connectivity index (χ2v) is 9.59. The Morgan fingerprint density at radius 1 is 1.53 bits per heavy atom. The zero-order chi connectivity index (χ0) is 14.5. The van der Waals surface area contributed by atoms with Crippen LogP contribution in [0.3, 0.4) is 0 Å². The second-order valence-electron chi connectivity index (χ2n) is 5.73. The summed E-state index contributed by atoms with van der Waals surface area (Å²) in [5.41, 5.74) is 5.54. The maximum atomic E-state index is 12.2. The molecule has 114 valence electrons. The van der Waals surface area contributed by atoms with E-state index in [0.717, 1.165) is 44.8 Å². The van der Waals surface area contributed by atoms with Gasteiger partial charge < -0.3 is 20.3 Å². The van der Waals surface area contributed by atoms with Crippen molar-refractivity contribution in [3.05, 3.63) is 0 Å². The molecule has 5 nitrogen and oxygen atoms in total. The van der Waals surface area contributed by atoms with E-state index in [-0.39, 0.29) is 6.03 Å². The Labute approximate surface area is 119 Å². The van der Waals surface area contributed by atoms with Gasteiger partial charge in [-0.2, -0.15) is 10.2 Å². The highest BCUT2D eigenvalue weighted by Gasteiger charge is 2.29. The van der Waals surface area contributed by atoms with Gasteiger partial charge in [0.15, 0.2) is 0 Å². The van der Waals surface area contributed by atoms with Gasteiger partial charge in [0.05, 0.1) is 0 Å². The molecule has 1 rings (SSSR count). The fraction of sp³-hybridized carbons (Fsp3) is 0.923. The van der Waals surface area contributed by atoms with Crippen LogP contribution >= 0.6 is 10.2 Å². The van der Waals surface area contributed by atoms with Gasteiger partial charge in [-0.3, -0.25) is 0 Å². The summed E-state index contributed by atoms with van der Waals surface area (Å²) in [5, 5.41) is 0. The Kier molecular flexibility index (Phi) is 6.42. The zero-order valence-corrected chi connectivity index (χ0v) is 13.6. The number of carbonyl (C=O) groups is 1. The van der Waals surface area contributed by atoms with Crippen LogP contribution in [0.1, 0.15) is 19.8 Å². The highest BCUT2D eigenvalue weighted by molar-refractivity contribution is 8.31. The first-order valence-corrected chi connectivity index (χ1v) is 9.69. The molecule has 6 heteroatoms. The fourth-order valence-electron chi connectivity index (χ4n) is 2.19. The predicted molar refractivity (Wildman–Crippen MR) is 84.8 cm³/mol. The average Bonchev–Trinajstić information content (AvgIpc) is 2.83. The molecular weight excluding hydrogens is 260 g/mol. The molecule has 0 bridgehead atoms. The smallest absolute Gasteiger partial charge is 0.326 e. The summed E-state index contributed by atoms with van der Waals surface area (Å²) in [6.45, 7) is 5.97. The van der Waals surface area contributed by atoms with Crippen LogP contribution in [0, 0.1) is 0 Å². The Morgan fingerprint density at radius 2 is 2.21 bits per heavy atom. The van der Waals surface area contributed by atoms with Crippen LogP contribution in [0.5, 0.6) is 0 Å². The second kappa shape index (κ2) is 7.36. The highest BCUT2D eigenvalue weighted by Crippen LogP contribution is 2.34. The van der Waals surface area contributed by atoms with Gasteiger partial charge in [-0.15, -0.1) is 0 Å². The molecule has 2 amide bonds. The normalized spacial score (nSPS) is 21.4. The number of urea groups is 1. The first kappa shape index (κ1) is 16.6. The number of likely N-dealkylation sites (N-methyl/N-ethyl adjacent to an activating group) is 1. The maximum Gasteiger partial charge on any atom is 0.326 e. The monoisotopic (exact) mass is 290 g/mol. The number of nitrogens with two attached hydrogens (primary N) is 1. The first-order chi connectivity index (χ1) is 8.89. The molecule has 0 aromatic heterocycles. The molecule has 0 radical (unpaired) electrons. The maximum absolute atomic E-state index is 12.2. The van der Waals surface area contributed by atoms with Crippen LogP contribution in [-0.2, 0) is 0 Å². The van der Waals surface area contributed by atoms with E-state index in [1.807, 2.05) is 11.9 Å². The molecule has 19 heavy (non-hydrogen) atoms. The number of carbonyl (C=O) groups excluding carboxylic acids is 1. The number of likely N-dealkylation sites (tertiary alicyclic amines) is 1. The molecule has 0 aromatic carbocycles. The predicted octanol–water partition coefficient (Wildman–Crippen LogP) is 1.05. The van der Waals surface area contributed by atoms with Gasteiger partial charge in [0.25, 0.3) is 0 Å². The number of hydrogen-bond acceptors (Lipinski definition) is 3. The van der Waals surface area contributed by atoms with E-state index in [0.29, 0.717) is 6.04 Å². The third-order valence-corrected chi connectivity index (χ3v) is 6.05. The van der Waals surface area contributed by atoms with Crippen LogP contribution in [0.2, 0.25) is 0 Å². The standard InChI is InChI=1S/C13H30N4OS/c1-5-19(3,4)15-13(18)16(2)12-7-10-17(11-12)9-6-8-14/h12H,5-11,14H2,1-4H3,(H,15,18). The van der Waals surface area contributed by atoms with Gasteiger partial charge in [-0.25, -0.2) is 4.79 Å². The van der Waals surface area contributed by atoms with Crippen molar-refractivity contribution in [2.24, 2.45) is 5.73 Å². The van der Waals surface area contributed by atoms with Crippen molar-refractivity contribution in [3.63, 3.8) is 0 Å². The van der Waals surface area contributed by atoms with Crippen molar-refractivity contribution in [2.75, 3.05) is 51.5 Å². The summed E-state index contributed by atoms with van der Waals surface area (Å²) < 4.78 is 3.17. The number of rotatable bonds is 6. The van der Waals surface area contributed by atoms with Gasteiger partial charge in [0.1, 0.15) is 0 Å². The topological polar surface area (TPSA) is 61.6 Å². The van der Waals surface area contributed by atoms with Crippen LogP contribution in [-0.4, -0.2) is 73.4 Å². The third-order valence-electron chi connectivity index (χ3n) is 3.88. The third kappa shape index (κ3) is 5.20. The molecule has 0 aliphatic carbocycles. The number of amides is 2. The van der Waals surface area contributed by atoms with Crippen LogP contribution in [0.4, 0.5) is 4.79 Å². The SMILES string of the molecule is CCS(C)(C)NC(=O)N(C)C1CCN(CCCN)C1. The van der Waals surface area contributed by atoms with E-state index < -0.39 is 10.2 Å². The average molecular weight is 290 g/mol. The number of nitrogens with zero attached hydrogens (tertiary/aromatic N) is 2. The Balaban J connectivity index is 2.41. The van der Waals surface area contributed by atoms with Gasteiger partial charge in [0, 0.05) is 26.2 Å². The fourth-order valence-corrected chi connectivity index (χ4v) is 2.95. The van der Waals surface area contributed by atoms with Gasteiger partial charge in [-0.1, -0.05) is 6.92 Å². The minimum Gasteiger partial charge on any atom is -0.330 e. The number of nitrogens with one attached hydrogen (secondary N) is 1. The molecule has 1 fully saturated rings. The molecule has 0 spiro atoms. The summed E-state index contributed by atoms with van der Waals surface area (Å²) in [6.07, 6.45) is 6.38. The van der Waals surface area contributed by atoms with Crippen LogP contribution < -0.4 is 10.5 Å². The lowest BCUT2D eigenvalue weighted by atomic mass is 10.2. The quantitative estimate of drug-likeness (QED) is 0.768. The molecule has 1 aliphatic heterocycles. The van der Waals surface area contributed by atoms with Gasteiger partial charge in [-0.05, 0) is 44.2 Å². The molecule has 1 aliphatic rings. The summed E-state index contributed by atoms with van der Waals surface area (Å²) >= 11 is 0. The molecule has 3 N–H and O–H groups in total. The van der Waals surface area contributed by atoms with Gasteiger partial charge in [0.2, 0.25) is 0 Å². The molecule has 1 saturated heterocycles. The van der Waals surface area contributed by atoms with E-state index in [2.05, 4.69) is 29.1 Å². The highest BCUT2D eigenvalue weighted by atomic mass is 32.3. The van der Waals surface area contributed by atoms with E-state index in [1.54, 1.807) is 0 Å². The Morgan fingerprint density at radius 3 is 2.79 bits per heavy atom. The van der Waals surface area contributed by atoms with Crippen molar-refractivity contribution < 1.29 is 4.79 Å². The van der Waals surface area contributed by atoms with Crippen LogP contribution in [0.15, 0.2) is 0 Å². The lowest BCUT2D eigenvalue weighted by molar-refractivity contribution is 0.195. The summed E-state index contributed by atoms with van der Waals surface area (Å²) in [6, 6.07) is 0.414. The molecule has 1 atom stereocenters. The Bertz CT molecular complexity index is 298. The molecular formula is C13H30N4OS. The van der Waals surface area contributed by atoms with E-state index >= 15 is 0 Å². The summed E-state index contributed by atoms with van der Waals surface area (Å²) in [7, 11) is 0.922. The first-order valence-electron chi connectivity index (χ1n) is 7.07. The molecule has 0 saturated carbocycles. The minimum absolute atomic E-state index is 0.0764. The van der Waals surface area contributed by atoms with Gasteiger partial charge >= 0.3 is 6.03 Å². The van der Waals surface area contributed by atoms with Crippen molar-refractivity contribution in [1.82, 2.24) is 14.5 Å². The summed E-state index contributed by atoms with van der Waals surface area (Å²) in [4.78, 5) is 16.5. The molecule has 1 heterocycles. The number of hydrogen-bond donors (Lipinski definition) is 2. The van der Waals surface area contributed by atoms with Crippen molar-refractivity contribution in [3.8, 4) is 0 Å². The molecule has 0 aromatic rings. The van der Waals surface area contributed by atoms with Crippen molar-refractivity contribution in [1.29, 1.82) is 0 Å². The minimum atomic E-state index is -0.992. The molecule has 1 unspecified atom stereocenters. The van der Waals surface area contributed by atoms with E-state index in [9.17, 15) is 4.79 Å². The van der Waals surface area contributed by atoms with Crippen molar-refractivity contribution in [2.45, 2.75) is 25.8 Å². The lowest BCUT2D eigenvalue weighted by Crippen LogP contribution is -2.45. The van der Waals surface area contributed by atoms with Crippen LogP contribution in [0.25, 0.3) is 0 Å². The van der Waals surface area contributed by atoms with E-state index in [4.69, 9.17) is 5.73 Å². The van der Waals surface area contributed by atoms with E-state index in [1.165, 1.54) is 0 Å². The van der Waals surface area contributed by atoms with Crippen molar-refractivity contribution >= 4 is 16.2 Å². The largest absolute Gasteiger partial charge is 0.330 e.